The molecule has 106 valence electrons. The summed E-state index contributed by atoms with van der Waals surface area (Å²) in [5.41, 5.74) is -0.115. The number of Topliss-reactive ketones (excluding diaryl/α,β-unsaturated/α-hetero) is 1. The second-order valence-corrected chi connectivity index (χ2v) is 5.22. The average molecular weight is 274 g/mol. The van der Waals surface area contributed by atoms with Crippen LogP contribution in [0, 0.1) is 0 Å². The Balaban J connectivity index is 3.35. The maximum absolute atomic E-state index is 12.6. The van der Waals surface area contributed by atoms with Crippen LogP contribution in [0.1, 0.15) is 43.6 Å². The molecule has 0 saturated carbocycles. The van der Waals surface area contributed by atoms with Gasteiger partial charge in [0.15, 0.2) is 0 Å². The van der Waals surface area contributed by atoms with Crippen LogP contribution in [0.5, 0.6) is 5.75 Å². The first-order valence-corrected chi connectivity index (χ1v) is 5.96. The fraction of sp³-hybridized carbons (Fsp3) is 0.500. The lowest BCUT2D eigenvalue weighted by Gasteiger charge is -2.21. The fourth-order valence-electron chi connectivity index (χ4n) is 1.61. The summed E-state index contributed by atoms with van der Waals surface area (Å²) in [7, 11) is 0. The molecule has 0 atom stereocenters. The first-order chi connectivity index (χ1) is 8.57. The zero-order chi connectivity index (χ0) is 14.8. The van der Waals surface area contributed by atoms with Crippen molar-refractivity contribution in [3.05, 3.63) is 29.3 Å². The van der Waals surface area contributed by atoms with Crippen molar-refractivity contribution in [3.8, 4) is 5.75 Å². The van der Waals surface area contributed by atoms with Crippen molar-refractivity contribution < 1.29 is 22.7 Å². The van der Waals surface area contributed by atoms with Crippen LogP contribution < -0.4 is 4.74 Å². The van der Waals surface area contributed by atoms with Gasteiger partial charge >= 0.3 is 6.18 Å². The van der Waals surface area contributed by atoms with Gasteiger partial charge in [-0.15, -0.1) is 0 Å². The zero-order valence-electron chi connectivity index (χ0n) is 11.4. The van der Waals surface area contributed by atoms with Gasteiger partial charge in [0.05, 0.1) is 12.2 Å². The topological polar surface area (TPSA) is 26.3 Å². The number of rotatable bonds is 3. The van der Waals surface area contributed by atoms with Gasteiger partial charge in [0.2, 0.25) is 0 Å². The lowest BCUT2D eigenvalue weighted by molar-refractivity contribution is -0.0886. The number of hydrogen-bond acceptors (Lipinski definition) is 2. The summed E-state index contributed by atoms with van der Waals surface area (Å²) >= 11 is 0. The number of carbonyl (C=O) groups is 1. The van der Waals surface area contributed by atoms with Crippen LogP contribution in [-0.4, -0.2) is 18.6 Å². The van der Waals surface area contributed by atoms with Gasteiger partial charge in [0.1, 0.15) is 5.75 Å². The van der Waals surface area contributed by atoms with Crippen LogP contribution in [0.4, 0.5) is 13.2 Å². The molecule has 0 aliphatic rings. The van der Waals surface area contributed by atoms with Crippen LogP contribution in [0.25, 0.3) is 0 Å². The molecule has 0 aromatic heterocycles. The number of benzene rings is 1. The van der Waals surface area contributed by atoms with Crippen LogP contribution in [-0.2, 0) is 5.41 Å². The van der Waals surface area contributed by atoms with Gasteiger partial charge in [-0.3, -0.25) is 4.79 Å². The normalized spacial score (nSPS) is 12.4. The van der Waals surface area contributed by atoms with Gasteiger partial charge in [0, 0.05) is 0 Å². The second-order valence-electron chi connectivity index (χ2n) is 5.22. The molecule has 1 rings (SSSR count). The van der Waals surface area contributed by atoms with E-state index in [2.05, 4.69) is 0 Å². The van der Waals surface area contributed by atoms with Gasteiger partial charge in [-0.05, 0) is 30.0 Å². The van der Waals surface area contributed by atoms with Crippen molar-refractivity contribution in [2.45, 2.75) is 39.3 Å². The molecule has 19 heavy (non-hydrogen) atoms. The van der Waals surface area contributed by atoms with Crippen molar-refractivity contribution in [3.63, 3.8) is 0 Å². The maximum Gasteiger partial charge on any atom is 0.455 e. The number of halogens is 3. The van der Waals surface area contributed by atoms with Gasteiger partial charge in [0.25, 0.3) is 5.78 Å². The molecule has 0 bridgehead atoms. The van der Waals surface area contributed by atoms with E-state index in [4.69, 9.17) is 4.74 Å². The molecule has 0 aliphatic carbocycles. The Morgan fingerprint density at radius 2 is 1.79 bits per heavy atom. The van der Waals surface area contributed by atoms with E-state index in [9.17, 15) is 18.0 Å². The predicted octanol–water partition coefficient (Wildman–Crippen LogP) is 4.13. The van der Waals surface area contributed by atoms with Crippen LogP contribution in [0.3, 0.4) is 0 Å². The molecular formula is C14H17F3O2. The highest BCUT2D eigenvalue weighted by molar-refractivity contribution is 6.02. The molecule has 2 nitrogen and oxygen atoms in total. The average Bonchev–Trinajstić information content (AvgIpc) is 2.26. The third-order valence-corrected chi connectivity index (χ3v) is 2.65. The molecule has 0 heterocycles. The Hall–Kier alpha value is -1.52. The van der Waals surface area contributed by atoms with Crippen molar-refractivity contribution in [1.82, 2.24) is 0 Å². The standard InChI is InChI=1S/C14H17F3O2/c1-5-19-11-7-6-9(13(2,3)4)8-10(11)12(18)14(15,16)17/h6-8H,5H2,1-4H3. The summed E-state index contributed by atoms with van der Waals surface area (Å²) in [5.74, 6) is -1.90. The maximum atomic E-state index is 12.6. The van der Waals surface area contributed by atoms with Crippen molar-refractivity contribution in [1.29, 1.82) is 0 Å². The number of carbonyl (C=O) groups excluding carboxylic acids is 1. The smallest absolute Gasteiger partial charge is 0.455 e. The Morgan fingerprint density at radius 3 is 2.21 bits per heavy atom. The summed E-state index contributed by atoms with van der Waals surface area (Å²) < 4.78 is 42.8. The number of ketones is 1. The second kappa shape index (κ2) is 5.23. The molecular weight excluding hydrogens is 257 g/mol. The van der Waals surface area contributed by atoms with Gasteiger partial charge in [-0.1, -0.05) is 26.8 Å². The third kappa shape index (κ3) is 3.72. The summed E-state index contributed by atoms with van der Waals surface area (Å²) in [4.78, 5) is 11.4. The molecule has 0 radical (unpaired) electrons. The zero-order valence-corrected chi connectivity index (χ0v) is 11.4. The van der Waals surface area contributed by atoms with Crippen molar-refractivity contribution in [2.75, 3.05) is 6.61 Å². The van der Waals surface area contributed by atoms with Crippen LogP contribution >= 0.6 is 0 Å². The lowest BCUT2D eigenvalue weighted by atomic mass is 9.85. The number of alkyl halides is 3. The Kier molecular flexibility index (Phi) is 4.28. The van der Waals surface area contributed by atoms with Gasteiger partial charge in [-0.25, -0.2) is 0 Å². The molecule has 1 aromatic carbocycles. The Bertz CT molecular complexity index is 471. The molecule has 1 aromatic rings. The predicted molar refractivity (Wildman–Crippen MR) is 66.7 cm³/mol. The van der Waals surface area contributed by atoms with E-state index in [-0.39, 0.29) is 17.8 Å². The number of ether oxygens (including phenoxy) is 1. The minimum atomic E-state index is -4.90. The minimum absolute atomic E-state index is 0.0298. The van der Waals surface area contributed by atoms with Crippen molar-refractivity contribution in [2.24, 2.45) is 0 Å². The van der Waals surface area contributed by atoms with Crippen LogP contribution in [0.15, 0.2) is 18.2 Å². The van der Waals surface area contributed by atoms with Crippen LogP contribution in [0.2, 0.25) is 0 Å². The van der Waals surface area contributed by atoms with E-state index < -0.39 is 17.5 Å². The molecule has 0 saturated heterocycles. The van der Waals surface area contributed by atoms with E-state index in [1.165, 1.54) is 12.1 Å². The molecule has 0 amide bonds. The van der Waals surface area contributed by atoms with Crippen molar-refractivity contribution >= 4 is 5.78 Å². The Morgan fingerprint density at radius 1 is 1.21 bits per heavy atom. The summed E-state index contributed by atoms with van der Waals surface area (Å²) in [5, 5.41) is 0. The molecule has 0 aliphatic heterocycles. The minimum Gasteiger partial charge on any atom is -0.493 e. The van der Waals surface area contributed by atoms with Gasteiger partial charge < -0.3 is 4.74 Å². The highest BCUT2D eigenvalue weighted by Gasteiger charge is 2.41. The molecule has 5 heteroatoms. The Labute approximate surface area is 110 Å². The fourth-order valence-corrected chi connectivity index (χ4v) is 1.61. The number of hydrogen-bond donors (Lipinski definition) is 0. The largest absolute Gasteiger partial charge is 0.493 e. The third-order valence-electron chi connectivity index (χ3n) is 2.65. The SMILES string of the molecule is CCOc1ccc(C(C)(C)C)cc1C(=O)C(F)(F)F. The highest BCUT2D eigenvalue weighted by Crippen LogP contribution is 2.32. The molecule has 0 fully saturated rings. The van der Waals surface area contributed by atoms with E-state index in [0.717, 1.165) is 0 Å². The van der Waals surface area contributed by atoms with E-state index in [0.29, 0.717) is 5.56 Å². The summed E-state index contributed by atoms with van der Waals surface area (Å²) in [6.07, 6.45) is -4.90. The molecule has 0 spiro atoms. The van der Waals surface area contributed by atoms with Gasteiger partial charge in [-0.2, -0.15) is 13.2 Å². The summed E-state index contributed by atoms with van der Waals surface area (Å²) in [6.45, 7) is 7.45. The lowest BCUT2D eigenvalue weighted by Crippen LogP contribution is -2.24. The first kappa shape index (κ1) is 15.5. The van der Waals surface area contributed by atoms with E-state index in [1.807, 2.05) is 20.8 Å². The summed E-state index contributed by atoms with van der Waals surface area (Å²) in [6, 6.07) is 4.36. The van der Waals surface area contributed by atoms with E-state index >= 15 is 0 Å². The highest BCUT2D eigenvalue weighted by atomic mass is 19.4. The monoisotopic (exact) mass is 274 g/mol. The quantitative estimate of drug-likeness (QED) is 0.775. The van der Waals surface area contributed by atoms with E-state index in [1.54, 1.807) is 13.0 Å². The first-order valence-electron chi connectivity index (χ1n) is 5.96. The molecule has 0 N–H and O–H groups in total. The molecule has 0 unspecified atom stereocenters.